The molecule has 0 saturated heterocycles. The summed E-state index contributed by atoms with van der Waals surface area (Å²) in [6.45, 7) is 3.21. The van der Waals surface area contributed by atoms with Gasteiger partial charge in [-0.25, -0.2) is 0 Å². The molecule has 0 unspecified atom stereocenters. The van der Waals surface area contributed by atoms with Gasteiger partial charge in [-0.15, -0.1) is 10.2 Å². The number of aliphatic carboxylic acids is 1. The predicted octanol–water partition coefficient (Wildman–Crippen LogP) is 0.910. The van der Waals surface area contributed by atoms with Crippen molar-refractivity contribution in [1.82, 2.24) is 19.7 Å². The molecular formula is C13H22N4O3S. The summed E-state index contributed by atoms with van der Waals surface area (Å²) in [4.78, 5) is 12.9. The summed E-state index contributed by atoms with van der Waals surface area (Å²) in [5, 5.41) is 17.9. The second kappa shape index (κ2) is 7.77. The van der Waals surface area contributed by atoms with E-state index in [4.69, 9.17) is 9.84 Å². The lowest BCUT2D eigenvalue weighted by Gasteiger charge is -2.17. The van der Waals surface area contributed by atoms with E-state index in [1.165, 1.54) is 11.8 Å². The SMILES string of the molecule is COCCN(C)CCn1c(SCC(=O)O)nnc1C1CC1. The molecule has 2 rings (SSSR count). The number of hydrogen-bond acceptors (Lipinski definition) is 6. The molecule has 1 aromatic heterocycles. The molecule has 8 heteroatoms. The molecule has 118 valence electrons. The van der Waals surface area contributed by atoms with E-state index >= 15 is 0 Å². The monoisotopic (exact) mass is 314 g/mol. The van der Waals surface area contributed by atoms with E-state index in [1.54, 1.807) is 7.11 Å². The average Bonchev–Trinajstić information content (AvgIpc) is 3.21. The van der Waals surface area contributed by atoms with Crippen LogP contribution >= 0.6 is 11.8 Å². The van der Waals surface area contributed by atoms with Gasteiger partial charge in [-0.2, -0.15) is 0 Å². The molecule has 0 spiro atoms. The first-order chi connectivity index (χ1) is 10.1. The van der Waals surface area contributed by atoms with Gasteiger partial charge < -0.3 is 19.3 Å². The molecule has 1 N–H and O–H groups in total. The maximum Gasteiger partial charge on any atom is 0.313 e. The van der Waals surface area contributed by atoms with Gasteiger partial charge in [0.25, 0.3) is 0 Å². The first kappa shape index (κ1) is 16.3. The number of hydrogen-bond donors (Lipinski definition) is 1. The molecule has 1 aliphatic carbocycles. The molecule has 0 aromatic carbocycles. The third kappa shape index (κ3) is 4.98. The molecule has 1 aromatic rings. The summed E-state index contributed by atoms with van der Waals surface area (Å²) in [6, 6.07) is 0. The molecule has 0 bridgehead atoms. The molecule has 1 saturated carbocycles. The Bertz CT molecular complexity index is 476. The van der Waals surface area contributed by atoms with Crippen LogP contribution in [0.4, 0.5) is 0 Å². The normalized spacial score (nSPS) is 14.8. The molecule has 1 aliphatic rings. The zero-order valence-corrected chi connectivity index (χ0v) is 13.3. The van der Waals surface area contributed by atoms with E-state index in [1.807, 2.05) is 7.05 Å². The first-order valence-electron chi connectivity index (χ1n) is 7.07. The van der Waals surface area contributed by atoms with Crippen LogP contribution in [0.1, 0.15) is 24.6 Å². The summed E-state index contributed by atoms with van der Waals surface area (Å²) in [6.07, 6.45) is 2.31. The van der Waals surface area contributed by atoms with Crippen molar-refractivity contribution in [2.45, 2.75) is 30.5 Å². The van der Waals surface area contributed by atoms with Gasteiger partial charge in [-0.3, -0.25) is 4.79 Å². The van der Waals surface area contributed by atoms with E-state index in [9.17, 15) is 4.79 Å². The Kier molecular flexibility index (Phi) is 6.01. The van der Waals surface area contributed by atoms with Gasteiger partial charge >= 0.3 is 5.97 Å². The summed E-state index contributed by atoms with van der Waals surface area (Å²) in [5.41, 5.74) is 0. The van der Waals surface area contributed by atoms with Crippen LogP contribution in [0.5, 0.6) is 0 Å². The zero-order chi connectivity index (χ0) is 15.2. The zero-order valence-electron chi connectivity index (χ0n) is 12.5. The van der Waals surface area contributed by atoms with Crippen LogP contribution in [-0.4, -0.2) is 70.3 Å². The Labute approximate surface area is 128 Å². The number of aromatic nitrogens is 3. The van der Waals surface area contributed by atoms with Crippen molar-refractivity contribution in [2.24, 2.45) is 0 Å². The fourth-order valence-electron chi connectivity index (χ4n) is 2.02. The molecule has 0 amide bonds. The molecule has 0 atom stereocenters. The van der Waals surface area contributed by atoms with Gasteiger partial charge in [-0.05, 0) is 19.9 Å². The van der Waals surface area contributed by atoms with Crippen molar-refractivity contribution in [2.75, 3.05) is 39.6 Å². The van der Waals surface area contributed by atoms with E-state index in [0.717, 1.165) is 38.3 Å². The number of rotatable bonds is 10. The van der Waals surface area contributed by atoms with E-state index in [-0.39, 0.29) is 5.75 Å². The predicted molar refractivity (Wildman–Crippen MR) is 79.7 cm³/mol. The van der Waals surface area contributed by atoms with Crippen molar-refractivity contribution >= 4 is 17.7 Å². The fraction of sp³-hybridized carbons (Fsp3) is 0.769. The molecular weight excluding hydrogens is 292 g/mol. The Morgan fingerprint density at radius 1 is 1.48 bits per heavy atom. The topological polar surface area (TPSA) is 80.5 Å². The number of carbonyl (C=O) groups is 1. The number of carboxylic acid groups (broad SMARTS) is 1. The van der Waals surface area contributed by atoms with Crippen LogP contribution in [-0.2, 0) is 16.1 Å². The third-order valence-electron chi connectivity index (χ3n) is 3.40. The highest BCUT2D eigenvalue weighted by molar-refractivity contribution is 7.99. The first-order valence-corrected chi connectivity index (χ1v) is 8.05. The second-order valence-electron chi connectivity index (χ2n) is 5.25. The molecule has 0 radical (unpaired) electrons. The van der Waals surface area contributed by atoms with Gasteiger partial charge in [0.1, 0.15) is 5.82 Å². The van der Waals surface area contributed by atoms with E-state index in [0.29, 0.717) is 17.7 Å². The highest BCUT2D eigenvalue weighted by atomic mass is 32.2. The minimum atomic E-state index is -0.834. The van der Waals surface area contributed by atoms with Crippen molar-refractivity contribution in [3.63, 3.8) is 0 Å². The van der Waals surface area contributed by atoms with Crippen LogP contribution < -0.4 is 0 Å². The lowest BCUT2D eigenvalue weighted by Crippen LogP contribution is -2.27. The largest absolute Gasteiger partial charge is 0.481 e. The van der Waals surface area contributed by atoms with E-state index in [2.05, 4.69) is 19.7 Å². The number of likely N-dealkylation sites (N-methyl/N-ethyl adjacent to an activating group) is 1. The molecule has 21 heavy (non-hydrogen) atoms. The summed E-state index contributed by atoms with van der Waals surface area (Å²) < 4.78 is 7.15. The summed E-state index contributed by atoms with van der Waals surface area (Å²) in [7, 11) is 3.74. The van der Waals surface area contributed by atoms with Gasteiger partial charge in [0.2, 0.25) is 0 Å². The maximum atomic E-state index is 10.7. The number of carboxylic acids is 1. The van der Waals surface area contributed by atoms with Gasteiger partial charge in [-0.1, -0.05) is 11.8 Å². The van der Waals surface area contributed by atoms with Crippen LogP contribution in [0.2, 0.25) is 0 Å². The molecule has 7 nitrogen and oxygen atoms in total. The lowest BCUT2D eigenvalue weighted by molar-refractivity contribution is -0.133. The highest BCUT2D eigenvalue weighted by Crippen LogP contribution is 2.39. The van der Waals surface area contributed by atoms with Gasteiger partial charge in [0.05, 0.1) is 12.4 Å². The molecule has 0 aliphatic heterocycles. The number of methoxy groups -OCH3 is 1. The average molecular weight is 314 g/mol. The Morgan fingerprint density at radius 2 is 2.24 bits per heavy atom. The third-order valence-corrected chi connectivity index (χ3v) is 4.35. The quantitative estimate of drug-likeness (QED) is 0.643. The van der Waals surface area contributed by atoms with Crippen LogP contribution in [0, 0.1) is 0 Å². The lowest BCUT2D eigenvalue weighted by atomic mass is 10.4. The molecule has 1 heterocycles. The van der Waals surface area contributed by atoms with Crippen molar-refractivity contribution < 1.29 is 14.6 Å². The van der Waals surface area contributed by atoms with Crippen LogP contribution in [0.3, 0.4) is 0 Å². The second-order valence-corrected chi connectivity index (χ2v) is 6.19. The highest BCUT2D eigenvalue weighted by Gasteiger charge is 2.30. The maximum absolute atomic E-state index is 10.7. The Hall–Kier alpha value is -1.12. The van der Waals surface area contributed by atoms with Crippen LogP contribution in [0.15, 0.2) is 5.16 Å². The van der Waals surface area contributed by atoms with Crippen molar-refractivity contribution in [3.05, 3.63) is 5.82 Å². The summed E-state index contributed by atoms with van der Waals surface area (Å²) >= 11 is 1.24. The Balaban J connectivity index is 1.97. The Morgan fingerprint density at radius 3 is 2.86 bits per heavy atom. The number of nitrogens with zero attached hydrogens (tertiary/aromatic N) is 4. The standard InChI is InChI=1S/C13H22N4O3S/c1-16(7-8-20-2)5-6-17-12(10-3-4-10)14-15-13(17)21-9-11(18)19/h10H,3-9H2,1-2H3,(H,18,19). The van der Waals surface area contributed by atoms with E-state index < -0.39 is 5.97 Å². The number of thioether (sulfide) groups is 1. The van der Waals surface area contributed by atoms with Crippen molar-refractivity contribution in [1.29, 1.82) is 0 Å². The fourth-order valence-corrected chi connectivity index (χ4v) is 2.71. The van der Waals surface area contributed by atoms with Gasteiger partial charge in [0.15, 0.2) is 5.16 Å². The van der Waals surface area contributed by atoms with Crippen LogP contribution in [0.25, 0.3) is 0 Å². The minimum Gasteiger partial charge on any atom is -0.481 e. The smallest absolute Gasteiger partial charge is 0.313 e. The number of ether oxygens (including phenoxy) is 1. The minimum absolute atomic E-state index is 0.0162. The molecule has 1 fully saturated rings. The summed E-state index contributed by atoms with van der Waals surface area (Å²) in [5.74, 6) is 0.686. The van der Waals surface area contributed by atoms with Crippen molar-refractivity contribution in [3.8, 4) is 0 Å². The van der Waals surface area contributed by atoms with Gasteiger partial charge in [0, 0.05) is 32.7 Å².